The van der Waals surface area contributed by atoms with Gasteiger partial charge in [0, 0.05) is 29.5 Å². The number of rotatable bonds is 6. The van der Waals surface area contributed by atoms with Crippen molar-refractivity contribution in [3.63, 3.8) is 0 Å². The topological polar surface area (TPSA) is 62.5 Å². The molecule has 0 saturated carbocycles. The van der Waals surface area contributed by atoms with E-state index in [1.165, 1.54) is 0 Å². The van der Waals surface area contributed by atoms with Crippen molar-refractivity contribution in [2.75, 3.05) is 4.90 Å². The summed E-state index contributed by atoms with van der Waals surface area (Å²) >= 11 is 5.88. The number of para-hydroxylation sites is 1. The third-order valence-corrected chi connectivity index (χ3v) is 6.72. The van der Waals surface area contributed by atoms with Gasteiger partial charge in [0.1, 0.15) is 23.3 Å². The first-order chi connectivity index (χ1) is 18.2. The molecule has 1 aliphatic rings. The SMILES string of the molecule is Oc1ccc(-n2cccc2[C@H]2[C@H](c3ccccn3)NC(=S)N2c2ccc(Oc3ccccc3)cc2)cc1. The average Bonchev–Trinajstić information content (AvgIpc) is 3.55. The van der Waals surface area contributed by atoms with E-state index < -0.39 is 0 Å². The lowest BCUT2D eigenvalue weighted by atomic mass is 10.0. The Morgan fingerprint density at radius 1 is 0.757 bits per heavy atom. The number of phenols is 1. The van der Waals surface area contributed by atoms with Crippen molar-refractivity contribution in [3.05, 3.63) is 133 Å². The molecule has 1 saturated heterocycles. The quantitative estimate of drug-likeness (QED) is 0.256. The molecule has 3 aromatic carbocycles. The van der Waals surface area contributed by atoms with E-state index in [-0.39, 0.29) is 17.8 Å². The van der Waals surface area contributed by atoms with Crippen molar-refractivity contribution in [2.45, 2.75) is 12.1 Å². The van der Waals surface area contributed by atoms with Crippen molar-refractivity contribution in [1.29, 1.82) is 0 Å². The van der Waals surface area contributed by atoms with Crippen molar-refractivity contribution in [3.8, 4) is 22.9 Å². The monoisotopic (exact) mass is 504 g/mol. The third-order valence-electron chi connectivity index (χ3n) is 6.40. The highest BCUT2D eigenvalue weighted by atomic mass is 32.1. The first-order valence-corrected chi connectivity index (χ1v) is 12.4. The normalized spacial score (nSPS) is 17.0. The van der Waals surface area contributed by atoms with E-state index in [0.29, 0.717) is 5.11 Å². The Kier molecular flexibility index (Phi) is 6.04. The Bertz CT molecular complexity index is 1500. The fourth-order valence-electron chi connectivity index (χ4n) is 4.72. The second kappa shape index (κ2) is 9.79. The molecule has 0 amide bonds. The Balaban J connectivity index is 1.40. The highest BCUT2D eigenvalue weighted by Gasteiger charge is 2.42. The van der Waals surface area contributed by atoms with Crippen LogP contribution in [0.5, 0.6) is 17.2 Å². The highest BCUT2D eigenvalue weighted by molar-refractivity contribution is 7.80. The van der Waals surface area contributed by atoms with Gasteiger partial charge in [-0.05, 0) is 97.1 Å². The molecule has 0 spiro atoms. The van der Waals surface area contributed by atoms with Crippen LogP contribution >= 0.6 is 12.2 Å². The summed E-state index contributed by atoms with van der Waals surface area (Å²) in [6, 6.07) is 34.5. The van der Waals surface area contributed by atoms with Gasteiger partial charge >= 0.3 is 0 Å². The van der Waals surface area contributed by atoms with Gasteiger partial charge in [0.25, 0.3) is 0 Å². The van der Waals surface area contributed by atoms with E-state index in [9.17, 15) is 5.11 Å². The second-order valence-corrected chi connectivity index (χ2v) is 9.11. The minimum absolute atomic E-state index is 0.167. The lowest BCUT2D eigenvalue weighted by molar-refractivity contribution is 0.475. The lowest BCUT2D eigenvalue weighted by Gasteiger charge is -2.29. The van der Waals surface area contributed by atoms with Crippen LogP contribution in [0.1, 0.15) is 23.5 Å². The van der Waals surface area contributed by atoms with E-state index >= 15 is 0 Å². The van der Waals surface area contributed by atoms with Crippen molar-refractivity contribution in [2.24, 2.45) is 0 Å². The van der Waals surface area contributed by atoms with Gasteiger partial charge in [-0.2, -0.15) is 0 Å². The summed E-state index contributed by atoms with van der Waals surface area (Å²) in [5, 5.41) is 13.9. The third kappa shape index (κ3) is 4.52. The molecule has 5 aromatic rings. The van der Waals surface area contributed by atoms with Gasteiger partial charge in [0.05, 0.1) is 11.7 Å². The first kappa shape index (κ1) is 22.8. The second-order valence-electron chi connectivity index (χ2n) is 8.73. The van der Waals surface area contributed by atoms with Crippen molar-refractivity contribution >= 4 is 23.0 Å². The van der Waals surface area contributed by atoms with E-state index in [1.54, 1.807) is 18.3 Å². The zero-order valence-corrected chi connectivity index (χ0v) is 20.6. The number of pyridine rings is 1. The van der Waals surface area contributed by atoms with E-state index in [1.807, 2.05) is 97.2 Å². The highest BCUT2D eigenvalue weighted by Crippen LogP contribution is 2.42. The van der Waals surface area contributed by atoms with Crippen LogP contribution in [0.4, 0.5) is 5.69 Å². The maximum absolute atomic E-state index is 9.80. The minimum Gasteiger partial charge on any atom is -0.508 e. The zero-order chi connectivity index (χ0) is 25.2. The summed E-state index contributed by atoms with van der Waals surface area (Å²) in [5.74, 6) is 1.76. The number of hydrogen-bond acceptors (Lipinski definition) is 4. The Labute approximate surface area is 220 Å². The van der Waals surface area contributed by atoms with Crippen LogP contribution in [0.2, 0.25) is 0 Å². The van der Waals surface area contributed by atoms with Crippen LogP contribution < -0.4 is 15.0 Å². The van der Waals surface area contributed by atoms with E-state index in [2.05, 4.69) is 25.8 Å². The molecule has 0 radical (unpaired) electrons. The smallest absolute Gasteiger partial charge is 0.174 e. The number of hydrogen-bond donors (Lipinski definition) is 2. The molecule has 0 unspecified atom stereocenters. The number of nitrogens with zero attached hydrogens (tertiary/aromatic N) is 3. The number of ether oxygens (including phenoxy) is 1. The van der Waals surface area contributed by atoms with E-state index in [0.717, 1.165) is 34.3 Å². The summed E-state index contributed by atoms with van der Waals surface area (Å²) in [6.45, 7) is 0. The zero-order valence-electron chi connectivity index (χ0n) is 19.8. The van der Waals surface area contributed by atoms with E-state index in [4.69, 9.17) is 17.0 Å². The maximum Gasteiger partial charge on any atom is 0.174 e. The fraction of sp³-hybridized carbons (Fsp3) is 0.0667. The molecular formula is C30H24N4O2S. The van der Waals surface area contributed by atoms with Gasteiger partial charge in [-0.1, -0.05) is 24.3 Å². The molecule has 3 heterocycles. The van der Waals surface area contributed by atoms with Crippen LogP contribution in [0, 0.1) is 0 Å². The van der Waals surface area contributed by atoms with Crippen molar-refractivity contribution in [1.82, 2.24) is 14.9 Å². The Morgan fingerprint density at radius 2 is 1.46 bits per heavy atom. The molecule has 0 aliphatic carbocycles. The van der Waals surface area contributed by atoms with Gasteiger partial charge in [-0.25, -0.2) is 0 Å². The number of aromatic nitrogens is 2. The number of benzene rings is 3. The molecule has 2 N–H and O–H groups in total. The molecule has 2 atom stereocenters. The molecule has 7 heteroatoms. The van der Waals surface area contributed by atoms with Gasteiger partial charge < -0.3 is 24.6 Å². The molecule has 2 aromatic heterocycles. The summed E-state index contributed by atoms with van der Waals surface area (Å²) < 4.78 is 8.12. The number of aromatic hydroxyl groups is 1. The summed E-state index contributed by atoms with van der Waals surface area (Å²) in [4.78, 5) is 6.78. The Hall–Kier alpha value is -4.62. The lowest BCUT2D eigenvalue weighted by Crippen LogP contribution is -2.30. The van der Waals surface area contributed by atoms with Gasteiger partial charge in [0.2, 0.25) is 0 Å². The van der Waals surface area contributed by atoms with Gasteiger partial charge in [0.15, 0.2) is 5.11 Å². The van der Waals surface area contributed by atoms with Crippen molar-refractivity contribution < 1.29 is 9.84 Å². The molecular weight excluding hydrogens is 480 g/mol. The molecule has 6 rings (SSSR count). The largest absolute Gasteiger partial charge is 0.508 e. The molecule has 1 fully saturated rings. The summed E-state index contributed by atoms with van der Waals surface area (Å²) in [5.41, 5.74) is 3.83. The molecule has 6 nitrogen and oxygen atoms in total. The van der Waals surface area contributed by atoms with Crippen LogP contribution in [0.3, 0.4) is 0 Å². The number of thiocarbonyl (C=S) groups is 1. The maximum atomic E-state index is 9.80. The van der Waals surface area contributed by atoms with Gasteiger partial charge in [-0.15, -0.1) is 0 Å². The van der Waals surface area contributed by atoms with Crippen LogP contribution in [-0.4, -0.2) is 19.8 Å². The fourth-order valence-corrected chi connectivity index (χ4v) is 5.06. The van der Waals surface area contributed by atoms with Crippen LogP contribution in [0.25, 0.3) is 5.69 Å². The van der Waals surface area contributed by atoms with Gasteiger partial charge in [-0.3, -0.25) is 4.98 Å². The Morgan fingerprint density at radius 3 is 2.19 bits per heavy atom. The standard InChI is InChI=1S/C30H24N4O2S/c35-23-15-11-21(12-16-23)33-20-6-10-27(33)29-28(26-9-4-5-19-31-26)32-30(37)34(29)22-13-17-25(18-14-22)36-24-7-2-1-3-8-24/h1-20,28-29,35H,(H,32,37)/t28-,29-/m0/s1. The first-order valence-electron chi connectivity index (χ1n) is 12.0. The number of phenolic OH excluding ortho intramolecular Hbond substituents is 1. The summed E-state index contributed by atoms with van der Waals surface area (Å²) in [6.07, 6.45) is 3.82. The molecule has 182 valence electrons. The minimum atomic E-state index is -0.174. The summed E-state index contributed by atoms with van der Waals surface area (Å²) in [7, 11) is 0. The molecule has 1 aliphatic heterocycles. The molecule has 37 heavy (non-hydrogen) atoms. The van der Waals surface area contributed by atoms with Crippen LogP contribution in [-0.2, 0) is 0 Å². The predicted octanol–water partition coefficient (Wildman–Crippen LogP) is 6.55. The number of anilines is 1. The molecule has 0 bridgehead atoms. The number of nitrogens with one attached hydrogen (secondary N) is 1. The average molecular weight is 505 g/mol. The predicted molar refractivity (Wildman–Crippen MR) is 148 cm³/mol. The van der Waals surface area contributed by atoms with Crippen LogP contribution in [0.15, 0.2) is 122 Å².